The van der Waals surface area contributed by atoms with Crippen molar-refractivity contribution in [2.75, 3.05) is 0 Å². The second kappa shape index (κ2) is 33.3. The third-order valence-electron chi connectivity index (χ3n) is 8.20. The third kappa shape index (κ3) is 33.2. The van der Waals surface area contributed by atoms with Crippen LogP contribution in [0.2, 0.25) is 0 Å². The third-order valence-corrected chi connectivity index (χ3v) is 8.20. The highest BCUT2D eigenvalue weighted by atomic mass is 16.6. The molecule has 0 unspecified atom stereocenters. The minimum atomic E-state index is -0.324. The Morgan fingerprint density at radius 2 is 0.487 bits per heavy atom. The van der Waals surface area contributed by atoms with Crippen LogP contribution in [0.1, 0.15) is 219 Å². The van der Waals surface area contributed by atoms with Crippen molar-refractivity contribution in [3.05, 3.63) is 0 Å². The topological polar surface area (TPSA) is 43.4 Å². The molecule has 3 nitrogen and oxygen atoms in total. The molecule has 0 aromatic carbocycles. The Morgan fingerprint density at radius 1 is 0.308 bits per heavy atom. The molecule has 0 aromatic rings. The van der Waals surface area contributed by atoms with Gasteiger partial charge in [-0.25, -0.2) is 0 Å². The number of hydrogen-bond donors (Lipinski definition) is 0. The van der Waals surface area contributed by atoms with Gasteiger partial charge >= 0.3 is 11.9 Å². The molecule has 0 fully saturated rings. The van der Waals surface area contributed by atoms with Crippen LogP contribution in [0.4, 0.5) is 0 Å². The summed E-state index contributed by atoms with van der Waals surface area (Å²) in [7, 11) is 0. The molecule has 0 atom stereocenters. The average Bonchev–Trinajstić information content (AvgIpc) is 2.93. The fourth-order valence-electron chi connectivity index (χ4n) is 5.51. The average molecular weight is 551 g/mol. The predicted octanol–water partition coefficient (Wildman–Crippen LogP) is 12.6. The Balaban J connectivity index is 3.27. The first-order valence-corrected chi connectivity index (χ1v) is 17.9. The Morgan fingerprint density at radius 3 is 0.692 bits per heavy atom. The van der Waals surface area contributed by atoms with Crippen molar-refractivity contribution in [2.45, 2.75) is 219 Å². The molecule has 0 saturated heterocycles. The minimum absolute atomic E-state index is 0.323. The van der Waals surface area contributed by atoms with Crippen LogP contribution in [-0.2, 0) is 14.3 Å². The van der Waals surface area contributed by atoms with Gasteiger partial charge < -0.3 is 4.74 Å². The lowest BCUT2D eigenvalue weighted by molar-refractivity contribution is -0.159. The molecular weight excluding hydrogens is 480 g/mol. The lowest BCUT2D eigenvalue weighted by Gasteiger charge is -2.05. The van der Waals surface area contributed by atoms with Crippen LogP contribution in [0.3, 0.4) is 0 Å². The Kier molecular flexibility index (Phi) is 32.6. The summed E-state index contributed by atoms with van der Waals surface area (Å²) in [6.07, 6.45) is 40.1. The first-order chi connectivity index (χ1) is 19.2. The van der Waals surface area contributed by atoms with Crippen LogP contribution < -0.4 is 0 Å². The van der Waals surface area contributed by atoms with Gasteiger partial charge in [-0.1, -0.05) is 194 Å². The number of esters is 2. The van der Waals surface area contributed by atoms with E-state index in [0.717, 1.165) is 25.7 Å². The van der Waals surface area contributed by atoms with Gasteiger partial charge in [-0.2, -0.15) is 0 Å². The first-order valence-electron chi connectivity index (χ1n) is 17.9. The molecule has 3 heteroatoms. The number of hydrogen-bond acceptors (Lipinski definition) is 3. The van der Waals surface area contributed by atoms with Crippen molar-refractivity contribution < 1.29 is 14.3 Å². The van der Waals surface area contributed by atoms with E-state index in [1.165, 1.54) is 167 Å². The molecule has 0 aliphatic rings. The number of rotatable bonds is 32. The fourth-order valence-corrected chi connectivity index (χ4v) is 5.51. The van der Waals surface area contributed by atoms with E-state index in [9.17, 15) is 9.59 Å². The van der Waals surface area contributed by atoms with Gasteiger partial charge in [0.1, 0.15) is 0 Å². The SMILES string of the molecule is CCCCCCCCCCCCCCCCCCC(=O)OC(=O)CCCCCCCCCCCCCCCC. The highest BCUT2D eigenvalue weighted by molar-refractivity contribution is 5.85. The van der Waals surface area contributed by atoms with Crippen LogP contribution in [0.25, 0.3) is 0 Å². The smallest absolute Gasteiger partial charge is 0.313 e. The summed E-state index contributed by atoms with van der Waals surface area (Å²) in [6, 6.07) is 0. The van der Waals surface area contributed by atoms with Crippen molar-refractivity contribution >= 4 is 11.9 Å². The molecule has 0 N–H and O–H groups in total. The molecule has 232 valence electrons. The van der Waals surface area contributed by atoms with Crippen LogP contribution in [-0.4, -0.2) is 11.9 Å². The zero-order valence-corrected chi connectivity index (χ0v) is 26.9. The van der Waals surface area contributed by atoms with Crippen molar-refractivity contribution in [1.29, 1.82) is 0 Å². The van der Waals surface area contributed by atoms with Crippen molar-refractivity contribution in [3.8, 4) is 0 Å². The number of carbonyl (C=O) groups excluding carboxylic acids is 2. The second-order valence-corrected chi connectivity index (χ2v) is 12.2. The van der Waals surface area contributed by atoms with Gasteiger partial charge in [-0.15, -0.1) is 0 Å². The fraction of sp³-hybridized carbons (Fsp3) is 0.944. The van der Waals surface area contributed by atoms with Crippen molar-refractivity contribution in [1.82, 2.24) is 0 Å². The summed E-state index contributed by atoms with van der Waals surface area (Å²) in [4.78, 5) is 23.8. The lowest BCUT2D eigenvalue weighted by atomic mass is 10.0. The number of carbonyl (C=O) groups is 2. The van der Waals surface area contributed by atoms with Crippen LogP contribution in [0.5, 0.6) is 0 Å². The summed E-state index contributed by atoms with van der Waals surface area (Å²) >= 11 is 0. The van der Waals surface area contributed by atoms with E-state index in [-0.39, 0.29) is 11.9 Å². The van der Waals surface area contributed by atoms with Gasteiger partial charge in [0, 0.05) is 12.8 Å². The molecule has 0 saturated carbocycles. The molecule has 0 rings (SSSR count). The summed E-state index contributed by atoms with van der Waals surface area (Å²) in [5.41, 5.74) is 0. The molecule has 39 heavy (non-hydrogen) atoms. The molecule has 0 bridgehead atoms. The van der Waals surface area contributed by atoms with Crippen LogP contribution >= 0.6 is 0 Å². The summed E-state index contributed by atoms with van der Waals surface area (Å²) in [5.74, 6) is -0.647. The summed E-state index contributed by atoms with van der Waals surface area (Å²) in [5, 5.41) is 0. The summed E-state index contributed by atoms with van der Waals surface area (Å²) < 4.78 is 5.01. The Hall–Kier alpha value is -0.860. The van der Waals surface area contributed by atoms with Crippen molar-refractivity contribution in [2.24, 2.45) is 0 Å². The lowest BCUT2D eigenvalue weighted by Crippen LogP contribution is -2.11. The maximum Gasteiger partial charge on any atom is 0.313 e. The molecule has 0 spiro atoms. The molecule has 0 aliphatic heterocycles. The Labute approximate surface area is 245 Å². The highest BCUT2D eigenvalue weighted by Gasteiger charge is 2.09. The van der Waals surface area contributed by atoms with Gasteiger partial charge in [0.05, 0.1) is 0 Å². The minimum Gasteiger partial charge on any atom is -0.393 e. The van der Waals surface area contributed by atoms with E-state index in [0.29, 0.717) is 12.8 Å². The van der Waals surface area contributed by atoms with Gasteiger partial charge in [-0.3, -0.25) is 9.59 Å². The molecule has 0 aliphatic carbocycles. The van der Waals surface area contributed by atoms with Crippen LogP contribution in [0, 0.1) is 0 Å². The number of unbranched alkanes of at least 4 members (excludes halogenated alkanes) is 28. The van der Waals surface area contributed by atoms with E-state index in [4.69, 9.17) is 4.74 Å². The van der Waals surface area contributed by atoms with Gasteiger partial charge in [0.15, 0.2) is 0 Å². The zero-order chi connectivity index (χ0) is 28.5. The summed E-state index contributed by atoms with van der Waals surface area (Å²) in [6.45, 7) is 4.55. The van der Waals surface area contributed by atoms with E-state index < -0.39 is 0 Å². The second-order valence-electron chi connectivity index (χ2n) is 12.2. The molecule has 0 aromatic heterocycles. The van der Waals surface area contributed by atoms with Gasteiger partial charge in [0.2, 0.25) is 0 Å². The molecular formula is C36H70O3. The quantitative estimate of drug-likeness (QED) is 0.0475. The standard InChI is InChI=1S/C36H70O3/c1-3-5-7-9-11-13-15-17-19-20-22-24-26-28-30-32-34-36(38)39-35(37)33-31-29-27-25-23-21-18-16-14-12-10-8-6-4-2/h3-34H2,1-2H3. The maximum atomic E-state index is 11.9. The largest absolute Gasteiger partial charge is 0.393 e. The van der Waals surface area contributed by atoms with E-state index in [1.807, 2.05) is 0 Å². The normalized spacial score (nSPS) is 11.2. The highest BCUT2D eigenvalue weighted by Crippen LogP contribution is 2.15. The predicted molar refractivity (Wildman–Crippen MR) is 170 cm³/mol. The van der Waals surface area contributed by atoms with Crippen molar-refractivity contribution in [3.63, 3.8) is 0 Å². The molecule has 0 heterocycles. The van der Waals surface area contributed by atoms with E-state index >= 15 is 0 Å². The van der Waals surface area contributed by atoms with Crippen LogP contribution in [0.15, 0.2) is 0 Å². The number of ether oxygens (including phenoxy) is 1. The molecule has 0 amide bonds. The zero-order valence-electron chi connectivity index (χ0n) is 26.9. The first kappa shape index (κ1) is 38.1. The van der Waals surface area contributed by atoms with Gasteiger partial charge in [-0.05, 0) is 12.8 Å². The van der Waals surface area contributed by atoms with Gasteiger partial charge in [0.25, 0.3) is 0 Å². The Bertz CT molecular complexity index is 502. The van der Waals surface area contributed by atoms with E-state index in [2.05, 4.69) is 13.8 Å². The van der Waals surface area contributed by atoms with E-state index in [1.54, 1.807) is 0 Å². The monoisotopic (exact) mass is 551 g/mol. The molecule has 0 radical (unpaired) electrons. The maximum absolute atomic E-state index is 11.9.